The van der Waals surface area contributed by atoms with Crippen molar-refractivity contribution in [3.63, 3.8) is 0 Å². The molecule has 30 heavy (non-hydrogen) atoms. The third kappa shape index (κ3) is 3.79. The molecular formula is C19H17ClN6O3S. The number of hydrogen-bond donors (Lipinski definition) is 2. The van der Waals surface area contributed by atoms with Gasteiger partial charge in [0.25, 0.3) is 0 Å². The van der Waals surface area contributed by atoms with E-state index in [9.17, 15) is 13.2 Å². The largest absolute Gasteiger partial charge is 0.345 e. The van der Waals surface area contributed by atoms with E-state index in [4.69, 9.17) is 11.6 Å². The molecule has 0 amide bonds. The van der Waals surface area contributed by atoms with Gasteiger partial charge in [-0.3, -0.25) is 14.2 Å². The molecule has 154 valence electrons. The van der Waals surface area contributed by atoms with Gasteiger partial charge in [0.05, 0.1) is 22.7 Å². The Kier molecular flexibility index (Phi) is 4.83. The van der Waals surface area contributed by atoms with Crippen LogP contribution in [0, 0.1) is 6.92 Å². The highest BCUT2D eigenvalue weighted by Crippen LogP contribution is 2.35. The van der Waals surface area contributed by atoms with Crippen molar-refractivity contribution in [3.05, 3.63) is 57.5 Å². The number of nitrogens with one attached hydrogen (secondary N) is 2. The van der Waals surface area contributed by atoms with Gasteiger partial charge in [0.15, 0.2) is 11.2 Å². The minimum absolute atomic E-state index is 0.180. The normalized spacial score (nSPS) is 11.7. The number of anilines is 1. The van der Waals surface area contributed by atoms with E-state index < -0.39 is 10.0 Å². The summed E-state index contributed by atoms with van der Waals surface area (Å²) in [5, 5.41) is 4.60. The average Bonchev–Trinajstić information content (AvgIpc) is 3.09. The van der Waals surface area contributed by atoms with Crippen LogP contribution in [0.25, 0.3) is 33.8 Å². The SMILES string of the molecule is Cc1cc(-c2nc3c(=O)cc[nH]c3nc2-c2ccn(C)n2)cc(Cl)c1NS(C)(=O)=O. The zero-order valence-electron chi connectivity index (χ0n) is 16.3. The summed E-state index contributed by atoms with van der Waals surface area (Å²) in [5.74, 6) is 0. The molecule has 4 aromatic rings. The Labute approximate surface area is 176 Å². The highest BCUT2D eigenvalue weighted by atomic mass is 35.5. The summed E-state index contributed by atoms with van der Waals surface area (Å²) >= 11 is 6.38. The quantitative estimate of drug-likeness (QED) is 0.499. The molecule has 4 rings (SSSR count). The van der Waals surface area contributed by atoms with Crippen LogP contribution in [-0.4, -0.2) is 39.4 Å². The Morgan fingerprint density at radius 1 is 1.17 bits per heavy atom. The molecule has 0 radical (unpaired) electrons. The summed E-state index contributed by atoms with van der Waals surface area (Å²) in [5.41, 5.74) is 3.15. The molecule has 0 fully saturated rings. The summed E-state index contributed by atoms with van der Waals surface area (Å²) in [4.78, 5) is 24.4. The van der Waals surface area contributed by atoms with Gasteiger partial charge in [-0.15, -0.1) is 0 Å². The Morgan fingerprint density at radius 2 is 1.93 bits per heavy atom. The van der Waals surface area contributed by atoms with Crippen LogP contribution in [0.15, 0.2) is 41.5 Å². The molecule has 0 unspecified atom stereocenters. The highest BCUT2D eigenvalue weighted by molar-refractivity contribution is 7.92. The highest BCUT2D eigenvalue weighted by Gasteiger charge is 2.19. The van der Waals surface area contributed by atoms with E-state index in [2.05, 4.69) is 24.8 Å². The summed E-state index contributed by atoms with van der Waals surface area (Å²) in [6.07, 6.45) is 4.33. The maximum Gasteiger partial charge on any atom is 0.229 e. The second-order valence-corrected chi connectivity index (χ2v) is 9.01. The lowest BCUT2D eigenvalue weighted by Crippen LogP contribution is -2.11. The maximum atomic E-state index is 12.3. The number of fused-ring (bicyclic) bond motifs is 1. The van der Waals surface area contributed by atoms with Crippen LogP contribution in [0.2, 0.25) is 5.02 Å². The molecular weight excluding hydrogens is 428 g/mol. The van der Waals surface area contributed by atoms with E-state index in [1.807, 2.05) is 0 Å². The minimum atomic E-state index is -3.50. The number of aromatic amines is 1. The van der Waals surface area contributed by atoms with Crippen molar-refractivity contribution in [1.29, 1.82) is 0 Å². The summed E-state index contributed by atoms with van der Waals surface area (Å²) in [6.45, 7) is 1.73. The fourth-order valence-electron chi connectivity index (χ4n) is 3.10. The van der Waals surface area contributed by atoms with Gasteiger partial charge in [0.1, 0.15) is 11.4 Å². The lowest BCUT2D eigenvalue weighted by Gasteiger charge is -2.14. The summed E-state index contributed by atoms with van der Waals surface area (Å²) < 4.78 is 27.3. The van der Waals surface area contributed by atoms with Gasteiger partial charge in [0.2, 0.25) is 15.5 Å². The van der Waals surface area contributed by atoms with Crippen molar-refractivity contribution in [2.45, 2.75) is 6.92 Å². The van der Waals surface area contributed by atoms with Gasteiger partial charge < -0.3 is 4.98 Å². The molecule has 0 aliphatic rings. The van der Waals surface area contributed by atoms with Crippen LogP contribution in [0.4, 0.5) is 5.69 Å². The van der Waals surface area contributed by atoms with Crippen molar-refractivity contribution in [3.8, 4) is 22.6 Å². The van der Waals surface area contributed by atoms with E-state index in [-0.39, 0.29) is 21.7 Å². The van der Waals surface area contributed by atoms with E-state index in [1.165, 1.54) is 12.3 Å². The lowest BCUT2D eigenvalue weighted by molar-refractivity contribution is 0.607. The van der Waals surface area contributed by atoms with E-state index >= 15 is 0 Å². The Bertz CT molecular complexity index is 1440. The number of rotatable bonds is 4. The molecule has 3 aromatic heterocycles. The lowest BCUT2D eigenvalue weighted by atomic mass is 10.0. The number of benzene rings is 1. The van der Waals surface area contributed by atoms with Gasteiger partial charge in [-0.25, -0.2) is 18.4 Å². The van der Waals surface area contributed by atoms with Crippen LogP contribution in [0.1, 0.15) is 5.56 Å². The number of aromatic nitrogens is 5. The fraction of sp³-hybridized carbons (Fsp3) is 0.158. The van der Waals surface area contributed by atoms with Gasteiger partial charge >= 0.3 is 0 Å². The molecule has 9 nitrogen and oxygen atoms in total. The fourth-order valence-corrected chi connectivity index (χ4v) is 4.11. The Hall–Kier alpha value is -3.24. The number of pyridine rings is 1. The van der Waals surface area contributed by atoms with Gasteiger partial charge in [0, 0.05) is 31.1 Å². The zero-order valence-corrected chi connectivity index (χ0v) is 17.8. The van der Waals surface area contributed by atoms with E-state index in [0.717, 1.165) is 6.26 Å². The Morgan fingerprint density at radius 3 is 2.57 bits per heavy atom. The summed E-state index contributed by atoms with van der Waals surface area (Å²) in [7, 11) is -1.72. The molecule has 0 spiro atoms. The second kappa shape index (κ2) is 7.22. The van der Waals surface area contributed by atoms with E-state index in [0.29, 0.717) is 33.9 Å². The number of halogens is 1. The van der Waals surface area contributed by atoms with Crippen LogP contribution in [0.3, 0.4) is 0 Å². The number of H-pyrrole nitrogens is 1. The standard InChI is InChI=1S/C19H17ClN6O3S/c1-10-8-11(9-12(20)15(10)25-30(3,28)29)16-17(13-5-7-26(2)24-13)23-19-18(22-16)14(27)4-6-21-19/h4-9,25H,1-3H3,(H,21,23,27). The smallest absolute Gasteiger partial charge is 0.229 e. The third-order valence-electron chi connectivity index (χ3n) is 4.39. The van der Waals surface area contributed by atoms with Crippen LogP contribution < -0.4 is 10.2 Å². The first-order valence-electron chi connectivity index (χ1n) is 8.80. The Balaban J connectivity index is 2.00. The predicted molar refractivity (Wildman–Crippen MR) is 116 cm³/mol. The molecule has 0 aliphatic carbocycles. The molecule has 0 aliphatic heterocycles. The van der Waals surface area contributed by atoms with Crippen LogP contribution >= 0.6 is 11.6 Å². The van der Waals surface area contributed by atoms with Gasteiger partial charge in [-0.05, 0) is 30.7 Å². The van der Waals surface area contributed by atoms with Crippen molar-refractivity contribution in [1.82, 2.24) is 24.7 Å². The van der Waals surface area contributed by atoms with Crippen molar-refractivity contribution >= 4 is 38.5 Å². The number of aryl methyl sites for hydroxylation is 2. The number of nitrogens with zero attached hydrogens (tertiary/aromatic N) is 4. The molecule has 0 saturated carbocycles. The zero-order chi connectivity index (χ0) is 21.6. The monoisotopic (exact) mass is 444 g/mol. The first kappa shape index (κ1) is 20.0. The van der Waals surface area contributed by atoms with Crippen molar-refractivity contribution < 1.29 is 8.42 Å². The van der Waals surface area contributed by atoms with Crippen molar-refractivity contribution in [2.75, 3.05) is 11.0 Å². The second-order valence-electron chi connectivity index (χ2n) is 6.86. The first-order valence-corrected chi connectivity index (χ1v) is 11.1. The van der Waals surface area contributed by atoms with E-state index in [1.54, 1.807) is 43.0 Å². The third-order valence-corrected chi connectivity index (χ3v) is 5.26. The molecule has 2 N–H and O–H groups in total. The maximum absolute atomic E-state index is 12.3. The van der Waals surface area contributed by atoms with Crippen molar-refractivity contribution in [2.24, 2.45) is 7.05 Å². The van der Waals surface area contributed by atoms with Gasteiger partial charge in [-0.2, -0.15) is 5.10 Å². The molecule has 0 saturated heterocycles. The van der Waals surface area contributed by atoms with Crippen LogP contribution in [-0.2, 0) is 17.1 Å². The molecule has 1 aromatic carbocycles. The average molecular weight is 445 g/mol. The molecule has 0 bridgehead atoms. The molecule has 0 atom stereocenters. The predicted octanol–water partition coefficient (Wildman–Crippen LogP) is 2.72. The topological polar surface area (TPSA) is 123 Å². The first-order chi connectivity index (χ1) is 14.1. The minimum Gasteiger partial charge on any atom is -0.345 e. The molecule has 11 heteroatoms. The molecule has 3 heterocycles. The number of hydrogen-bond acceptors (Lipinski definition) is 6. The van der Waals surface area contributed by atoms with Gasteiger partial charge in [-0.1, -0.05) is 11.6 Å². The van der Waals surface area contributed by atoms with Crippen LogP contribution in [0.5, 0.6) is 0 Å². The number of sulfonamides is 1. The summed E-state index contributed by atoms with van der Waals surface area (Å²) in [6, 6.07) is 6.48.